The Balaban J connectivity index is 1.36. The molecule has 0 amide bonds. The van der Waals surface area contributed by atoms with Gasteiger partial charge in [-0.1, -0.05) is 59.9 Å². The molecule has 1 atom stereocenters. The normalized spacial score (nSPS) is 16.0. The number of aromatic nitrogens is 1. The van der Waals surface area contributed by atoms with Crippen LogP contribution in [-0.4, -0.2) is 22.8 Å². The minimum absolute atomic E-state index is 0.129. The average molecular weight is 561 g/mol. The first kappa shape index (κ1) is 25.0. The number of methoxy groups -OCH3 is 1. The topological polar surface area (TPSA) is 94.0 Å². The maximum absolute atomic E-state index is 14.0. The number of thiazole rings is 1. The second kappa shape index (κ2) is 9.91. The highest BCUT2D eigenvalue weighted by Crippen LogP contribution is 2.41. The summed E-state index contributed by atoms with van der Waals surface area (Å²) in [5.74, 6) is 0.867. The summed E-state index contributed by atoms with van der Waals surface area (Å²) in [6.45, 7) is 0. The van der Waals surface area contributed by atoms with E-state index in [2.05, 4.69) is 18.2 Å². The van der Waals surface area contributed by atoms with Crippen LogP contribution in [0.1, 0.15) is 45.3 Å². The van der Waals surface area contributed by atoms with Crippen LogP contribution in [0.3, 0.4) is 0 Å². The van der Waals surface area contributed by atoms with Gasteiger partial charge in [-0.25, -0.2) is 9.79 Å². The molecule has 0 unspecified atom stereocenters. The Hall–Kier alpha value is -4.95. The summed E-state index contributed by atoms with van der Waals surface area (Å²) in [4.78, 5) is 30.9. The van der Waals surface area contributed by atoms with E-state index < -0.39 is 5.97 Å². The third kappa shape index (κ3) is 4.33. The summed E-state index contributed by atoms with van der Waals surface area (Å²) in [6.07, 6.45) is 3.44. The molecule has 202 valence electrons. The van der Waals surface area contributed by atoms with Crippen molar-refractivity contribution >= 4 is 29.1 Å². The van der Waals surface area contributed by atoms with Crippen molar-refractivity contribution in [3.8, 4) is 17.1 Å². The SMILES string of the molecule is COc1cccc([C@@H]2C3=C(N=c4s/c(=C\c5ccc(-c6ccc(C(=O)O)cc6)o5)c(=O)n42)c2ccccc2CC3)c1. The molecule has 1 N–H and O–H groups in total. The number of carbonyl (C=O) groups is 1. The molecule has 3 aromatic carbocycles. The van der Waals surface area contributed by atoms with Crippen molar-refractivity contribution in [2.24, 2.45) is 4.99 Å². The highest BCUT2D eigenvalue weighted by molar-refractivity contribution is 7.07. The lowest BCUT2D eigenvalue weighted by Crippen LogP contribution is -2.38. The quantitative estimate of drug-likeness (QED) is 0.316. The van der Waals surface area contributed by atoms with Gasteiger partial charge in [0.15, 0.2) is 4.80 Å². The fourth-order valence-electron chi connectivity index (χ4n) is 5.63. The molecular weight excluding hydrogens is 536 g/mol. The molecule has 7 nitrogen and oxygen atoms in total. The first-order valence-electron chi connectivity index (χ1n) is 13.2. The van der Waals surface area contributed by atoms with Gasteiger partial charge in [0.2, 0.25) is 0 Å². The Kier molecular flexibility index (Phi) is 6.05. The molecule has 2 aromatic heterocycles. The number of aromatic carboxylic acids is 1. The van der Waals surface area contributed by atoms with Crippen molar-refractivity contribution in [3.05, 3.63) is 138 Å². The van der Waals surface area contributed by atoms with Crippen molar-refractivity contribution in [3.63, 3.8) is 0 Å². The lowest BCUT2D eigenvalue weighted by molar-refractivity contribution is 0.0697. The minimum atomic E-state index is -0.982. The largest absolute Gasteiger partial charge is 0.497 e. The van der Waals surface area contributed by atoms with E-state index in [0.29, 0.717) is 20.9 Å². The Bertz CT molecular complexity index is 2050. The van der Waals surface area contributed by atoms with E-state index in [4.69, 9.17) is 19.3 Å². The Labute approximate surface area is 238 Å². The summed E-state index contributed by atoms with van der Waals surface area (Å²) >= 11 is 1.34. The molecule has 7 rings (SSSR count). The molecule has 0 radical (unpaired) electrons. The number of nitrogens with zero attached hydrogens (tertiary/aromatic N) is 2. The van der Waals surface area contributed by atoms with Crippen LogP contribution >= 0.6 is 11.3 Å². The van der Waals surface area contributed by atoms with E-state index in [1.54, 1.807) is 36.0 Å². The number of aryl methyl sites for hydroxylation is 1. The van der Waals surface area contributed by atoms with Crippen LogP contribution in [0.4, 0.5) is 0 Å². The molecule has 0 saturated heterocycles. The first-order chi connectivity index (χ1) is 20.0. The molecule has 41 heavy (non-hydrogen) atoms. The number of ether oxygens (including phenoxy) is 1. The third-order valence-corrected chi connectivity index (χ3v) is 8.58. The number of fused-ring (bicyclic) bond motifs is 3. The molecule has 0 bridgehead atoms. The number of carboxylic acids is 1. The van der Waals surface area contributed by atoms with Gasteiger partial charge in [0.25, 0.3) is 5.56 Å². The summed E-state index contributed by atoms with van der Waals surface area (Å²) in [5.41, 5.74) is 6.25. The van der Waals surface area contributed by atoms with Crippen molar-refractivity contribution < 1.29 is 19.1 Å². The van der Waals surface area contributed by atoms with E-state index in [0.717, 1.165) is 46.6 Å². The molecule has 0 spiro atoms. The van der Waals surface area contributed by atoms with Crippen LogP contribution < -0.4 is 19.6 Å². The Morgan fingerprint density at radius 1 is 1.05 bits per heavy atom. The van der Waals surface area contributed by atoms with E-state index in [-0.39, 0.29) is 17.2 Å². The minimum Gasteiger partial charge on any atom is -0.497 e. The van der Waals surface area contributed by atoms with Crippen molar-refractivity contribution in [2.75, 3.05) is 7.11 Å². The first-order valence-corrected chi connectivity index (χ1v) is 14.0. The molecule has 2 aliphatic rings. The van der Waals surface area contributed by atoms with E-state index in [1.807, 2.05) is 36.4 Å². The van der Waals surface area contributed by atoms with E-state index >= 15 is 0 Å². The van der Waals surface area contributed by atoms with Crippen LogP contribution in [0.2, 0.25) is 0 Å². The van der Waals surface area contributed by atoms with E-state index in [9.17, 15) is 9.59 Å². The molecule has 1 aliphatic heterocycles. The van der Waals surface area contributed by atoms with Gasteiger partial charge in [0, 0.05) is 17.2 Å². The zero-order valence-corrected chi connectivity index (χ0v) is 22.9. The lowest BCUT2D eigenvalue weighted by Gasteiger charge is -2.31. The second-order valence-corrected chi connectivity index (χ2v) is 11.0. The fourth-order valence-corrected chi connectivity index (χ4v) is 6.61. The second-order valence-electron chi connectivity index (χ2n) is 9.97. The van der Waals surface area contributed by atoms with Gasteiger partial charge in [-0.05, 0) is 65.9 Å². The summed E-state index contributed by atoms with van der Waals surface area (Å²) in [5, 5.41) is 9.17. The third-order valence-electron chi connectivity index (χ3n) is 7.60. The number of furan rings is 1. The van der Waals surface area contributed by atoms with Crippen molar-refractivity contribution in [2.45, 2.75) is 18.9 Å². The van der Waals surface area contributed by atoms with E-state index in [1.165, 1.54) is 29.0 Å². The van der Waals surface area contributed by atoms with Crippen LogP contribution in [0.5, 0.6) is 5.75 Å². The highest BCUT2D eigenvalue weighted by Gasteiger charge is 2.32. The molecule has 0 fully saturated rings. The number of allylic oxidation sites excluding steroid dienone is 1. The summed E-state index contributed by atoms with van der Waals surface area (Å²) < 4.78 is 13.9. The Morgan fingerprint density at radius 2 is 1.88 bits per heavy atom. The number of benzene rings is 3. The smallest absolute Gasteiger partial charge is 0.335 e. The van der Waals surface area contributed by atoms with Gasteiger partial charge in [-0.2, -0.15) is 0 Å². The lowest BCUT2D eigenvalue weighted by atomic mass is 9.83. The monoisotopic (exact) mass is 560 g/mol. The average Bonchev–Trinajstić information content (AvgIpc) is 3.60. The fraction of sp³-hybridized carbons (Fsp3) is 0.121. The predicted molar refractivity (Wildman–Crippen MR) is 157 cm³/mol. The van der Waals surface area contributed by atoms with Gasteiger partial charge < -0.3 is 14.3 Å². The van der Waals surface area contributed by atoms with Crippen molar-refractivity contribution in [1.82, 2.24) is 4.57 Å². The predicted octanol–water partition coefficient (Wildman–Crippen LogP) is 5.29. The molecule has 3 heterocycles. The number of hydrogen-bond acceptors (Lipinski definition) is 6. The molecule has 1 aliphatic carbocycles. The number of hydrogen-bond donors (Lipinski definition) is 1. The highest BCUT2D eigenvalue weighted by atomic mass is 32.1. The zero-order chi connectivity index (χ0) is 28.1. The summed E-state index contributed by atoms with van der Waals surface area (Å²) in [7, 11) is 1.64. The van der Waals surface area contributed by atoms with Gasteiger partial charge >= 0.3 is 5.97 Å². The van der Waals surface area contributed by atoms with Crippen molar-refractivity contribution in [1.29, 1.82) is 0 Å². The summed E-state index contributed by atoms with van der Waals surface area (Å²) in [6, 6.07) is 26.0. The number of carboxylic acid groups (broad SMARTS) is 1. The maximum Gasteiger partial charge on any atom is 0.335 e. The molecule has 5 aromatic rings. The zero-order valence-electron chi connectivity index (χ0n) is 22.0. The van der Waals surface area contributed by atoms with Crippen LogP contribution in [-0.2, 0) is 6.42 Å². The number of rotatable bonds is 5. The van der Waals surface area contributed by atoms with Gasteiger partial charge in [0.1, 0.15) is 17.3 Å². The van der Waals surface area contributed by atoms with Gasteiger partial charge in [0.05, 0.1) is 28.9 Å². The van der Waals surface area contributed by atoms with Crippen LogP contribution in [0.25, 0.3) is 23.1 Å². The van der Waals surface area contributed by atoms with Crippen LogP contribution in [0, 0.1) is 0 Å². The van der Waals surface area contributed by atoms with Crippen LogP contribution in [0.15, 0.2) is 105 Å². The standard InChI is InChI=1S/C33H24N2O5S/c1-39-23-7-4-6-22(17-23)30-26-15-13-19-5-2-3-8-25(19)29(26)34-33-35(30)31(36)28(41-33)18-24-14-16-27(40-24)20-9-11-21(12-10-20)32(37)38/h2-12,14,16-18,30H,13,15H2,1H3,(H,37,38)/b28-18-/t30-/m1/s1. The molecule has 0 saturated carbocycles. The molecule has 8 heteroatoms. The molecular formula is C33H24N2O5S. The maximum atomic E-state index is 14.0. The van der Waals surface area contributed by atoms with Gasteiger partial charge in [-0.3, -0.25) is 9.36 Å². The Morgan fingerprint density at radius 3 is 2.68 bits per heavy atom. The van der Waals surface area contributed by atoms with Gasteiger partial charge in [-0.15, -0.1) is 0 Å².